The van der Waals surface area contributed by atoms with Crippen LogP contribution in [0.25, 0.3) is 34.3 Å². The third-order valence-corrected chi connectivity index (χ3v) is 5.19. The third-order valence-electron chi connectivity index (χ3n) is 5.19. The molecule has 0 bridgehead atoms. The molecule has 0 radical (unpaired) electrons. The van der Waals surface area contributed by atoms with Gasteiger partial charge < -0.3 is 10.7 Å². The summed E-state index contributed by atoms with van der Waals surface area (Å²) >= 11 is 0. The molecule has 0 fully saturated rings. The minimum Gasteiger partial charge on any atom is -0.366 e. The van der Waals surface area contributed by atoms with Gasteiger partial charge in [-0.1, -0.05) is 69.3 Å². The van der Waals surface area contributed by atoms with Crippen LogP contribution in [0.5, 0.6) is 0 Å². The number of carbonyl (C=O) groups is 1. The Bertz CT molecular complexity index is 1240. The molecule has 0 spiro atoms. The van der Waals surface area contributed by atoms with Crippen LogP contribution in [0, 0.1) is 0 Å². The summed E-state index contributed by atoms with van der Waals surface area (Å²) in [6, 6.07) is 22.0. The minimum absolute atomic E-state index is 0.148. The predicted molar refractivity (Wildman–Crippen MR) is 124 cm³/mol. The SMILES string of the molecule is CC(C)(C)c1ccc(C=Cc2nc3cc(-c4cccc(C(N)=O)c4)ccc3[nH]2)cc1. The molecule has 1 heterocycles. The van der Waals surface area contributed by atoms with Crippen molar-refractivity contribution in [1.82, 2.24) is 9.97 Å². The second kappa shape index (κ2) is 7.64. The van der Waals surface area contributed by atoms with E-state index < -0.39 is 5.91 Å². The zero-order chi connectivity index (χ0) is 21.3. The first-order valence-electron chi connectivity index (χ1n) is 9.98. The number of carbonyl (C=O) groups excluding carboxylic acids is 1. The Hall–Kier alpha value is -3.66. The molecule has 4 heteroatoms. The number of hydrogen-bond acceptors (Lipinski definition) is 2. The van der Waals surface area contributed by atoms with E-state index in [9.17, 15) is 4.79 Å². The summed E-state index contributed by atoms with van der Waals surface area (Å²) in [7, 11) is 0. The monoisotopic (exact) mass is 395 g/mol. The van der Waals surface area contributed by atoms with Crippen LogP contribution >= 0.6 is 0 Å². The lowest BCUT2D eigenvalue weighted by Gasteiger charge is -2.18. The Morgan fingerprint density at radius 2 is 1.67 bits per heavy atom. The van der Waals surface area contributed by atoms with Crippen molar-refractivity contribution in [2.75, 3.05) is 0 Å². The number of hydrogen-bond donors (Lipinski definition) is 2. The molecule has 4 rings (SSSR count). The van der Waals surface area contributed by atoms with Crippen LogP contribution in [-0.2, 0) is 5.41 Å². The quantitative estimate of drug-likeness (QED) is 0.458. The number of fused-ring (bicyclic) bond motifs is 1. The van der Waals surface area contributed by atoms with Crippen molar-refractivity contribution >= 4 is 29.1 Å². The normalized spacial score (nSPS) is 12.0. The van der Waals surface area contributed by atoms with Gasteiger partial charge in [-0.05, 0) is 58.0 Å². The largest absolute Gasteiger partial charge is 0.366 e. The van der Waals surface area contributed by atoms with Crippen LogP contribution in [-0.4, -0.2) is 15.9 Å². The summed E-state index contributed by atoms with van der Waals surface area (Å²) in [4.78, 5) is 19.5. The summed E-state index contributed by atoms with van der Waals surface area (Å²) in [5.74, 6) is 0.369. The lowest BCUT2D eigenvalue weighted by molar-refractivity contribution is 0.100. The number of aromatic amines is 1. The first kappa shape index (κ1) is 19.6. The van der Waals surface area contributed by atoms with Crippen LogP contribution in [0.3, 0.4) is 0 Å². The van der Waals surface area contributed by atoms with Crippen LogP contribution in [0.2, 0.25) is 0 Å². The molecule has 0 atom stereocenters. The second-order valence-electron chi connectivity index (χ2n) is 8.50. The van der Waals surface area contributed by atoms with Gasteiger partial charge in [0.25, 0.3) is 0 Å². The van der Waals surface area contributed by atoms with Crippen LogP contribution in [0.4, 0.5) is 0 Å². The van der Waals surface area contributed by atoms with E-state index in [2.05, 4.69) is 56.1 Å². The third kappa shape index (κ3) is 4.18. The average molecular weight is 396 g/mol. The molecule has 150 valence electrons. The Kier molecular flexibility index (Phi) is 5.00. The van der Waals surface area contributed by atoms with E-state index in [0.717, 1.165) is 33.5 Å². The second-order valence-corrected chi connectivity index (χ2v) is 8.50. The van der Waals surface area contributed by atoms with E-state index in [1.54, 1.807) is 12.1 Å². The van der Waals surface area contributed by atoms with E-state index in [0.29, 0.717) is 5.56 Å². The molecule has 0 saturated heterocycles. The Morgan fingerprint density at radius 1 is 0.933 bits per heavy atom. The first-order chi connectivity index (χ1) is 14.3. The summed E-state index contributed by atoms with van der Waals surface area (Å²) in [6.07, 6.45) is 4.04. The molecule has 0 aliphatic rings. The topological polar surface area (TPSA) is 71.8 Å². The Labute approximate surface area is 176 Å². The molecule has 1 amide bonds. The maximum atomic E-state index is 11.5. The molecule has 4 aromatic rings. The number of imidazole rings is 1. The minimum atomic E-state index is -0.430. The predicted octanol–water partition coefficient (Wildman–Crippen LogP) is 5.80. The summed E-state index contributed by atoms with van der Waals surface area (Å²) < 4.78 is 0. The van der Waals surface area contributed by atoms with Crippen molar-refractivity contribution in [3.63, 3.8) is 0 Å². The first-order valence-corrected chi connectivity index (χ1v) is 9.98. The van der Waals surface area contributed by atoms with Gasteiger partial charge in [0.15, 0.2) is 0 Å². The summed E-state index contributed by atoms with van der Waals surface area (Å²) in [5.41, 5.74) is 12.3. The lowest BCUT2D eigenvalue weighted by atomic mass is 9.87. The number of rotatable bonds is 4. The highest BCUT2D eigenvalue weighted by atomic mass is 16.1. The van der Waals surface area contributed by atoms with Gasteiger partial charge in [0.05, 0.1) is 11.0 Å². The molecule has 3 N–H and O–H groups in total. The van der Waals surface area contributed by atoms with E-state index >= 15 is 0 Å². The van der Waals surface area contributed by atoms with Crippen molar-refractivity contribution in [1.29, 1.82) is 0 Å². The van der Waals surface area contributed by atoms with E-state index in [1.165, 1.54) is 5.56 Å². The maximum absolute atomic E-state index is 11.5. The lowest BCUT2D eigenvalue weighted by Crippen LogP contribution is -2.10. The number of nitrogens with one attached hydrogen (secondary N) is 1. The zero-order valence-electron chi connectivity index (χ0n) is 17.4. The molecular formula is C26H25N3O. The average Bonchev–Trinajstić information content (AvgIpc) is 3.14. The fourth-order valence-electron chi connectivity index (χ4n) is 3.41. The summed E-state index contributed by atoms with van der Waals surface area (Å²) in [6.45, 7) is 6.64. The number of primary amides is 1. The smallest absolute Gasteiger partial charge is 0.248 e. The highest BCUT2D eigenvalue weighted by Crippen LogP contribution is 2.25. The van der Waals surface area contributed by atoms with E-state index in [-0.39, 0.29) is 5.41 Å². The standard InChI is InChI=1S/C26H25N3O/c1-26(2,3)21-11-7-17(8-12-21)9-14-24-28-22-13-10-19(16-23(22)29-24)18-5-4-6-20(15-18)25(27)30/h4-16H,1-3H3,(H2,27,30)(H,28,29). The van der Waals surface area contributed by atoms with Gasteiger partial charge in [0.1, 0.15) is 5.82 Å². The van der Waals surface area contributed by atoms with Gasteiger partial charge in [0.2, 0.25) is 5.91 Å². The van der Waals surface area contributed by atoms with Gasteiger partial charge in [-0.3, -0.25) is 4.79 Å². The fourth-order valence-corrected chi connectivity index (χ4v) is 3.41. The Morgan fingerprint density at radius 3 is 2.37 bits per heavy atom. The van der Waals surface area contributed by atoms with Crippen LogP contribution in [0.1, 0.15) is 48.1 Å². The molecule has 1 aromatic heterocycles. The van der Waals surface area contributed by atoms with Crippen molar-refractivity contribution < 1.29 is 4.79 Å². The molecule has 0 saturated carbocycles. The van der Waals surface area contributed by atoms with Gasteiger partial charge in [-0.25, -0.2) is 4.98 Å². The fraction of sp³-hybridized carbons (Fsp3) is 0.154. The Balaban J connectivity index is 1.59. The number of benzene rings is 3. The van der Waals surface area contributed by atoms with Gasteiger partial charge in [0, 0.05) is 5.56 Å². The van der Waals surface area contributed by atoms with E-state index in [1.807, 2.05) is 36.4 Å². The number of aromatic nitrogens is 2. The van der Waals surface area contributed by atoms with Crippen molar-refractivity contribution in [3.8, 4) is 11.1 Å². The number of amides is 1. The van der Waals surface area contributed by atoms with Crippen LogP contribution in [0.15, 0.2) is 66.7 Å². The van der Waals surface area contributed by atoms with Crippen molar-refractivity contribution in [2.24, 2.45) is 5.73 Å². The molecule has 0 unspecified atom stereocenters. The van der Waals surface area contributed by atoms with Crippen molar-refractivity contribution in [3.05, 3.63) is 89.2 Å². The van der Waals surface area contributed by atoms with Crippen molar-refractivity contribution in [2.45, 2.75) is 26.2 Å². The van der Waals surface area contributed by atoms with Gasteiger partial charge in [-0.2, -0.15) is 0 Å². The maximum Gasteiger partial charge on any atom is 0.248 e. The molecule has 4 nitrogen and oxygen atoms in total. The molecular weight excluding hydrogens is 370 g/mol. The van der Waals surface area contributed by atoms with Gasteiger partial charge in [-0.15, -0.1) is 0 Å². The summed E-state index contributed by atoms with van der Waals surface area (Å²) in [5, 5.41) is 0. The molecule has 0 aliphatic heterocycles. The number of nitrogens with two attached hydrogens (primary N) is 1. The van der Waals surface area contributed by atoms with Crippen LogP contribution < -0.4 is 5.73 Å². The molecule has 0 aliphatic carbocycles. The highest BCUT2D eigenvalue weighted by Gasteiger charge is 2.12. The highest BCUT2D eigenvalue weighted by molar-refractivity contribution is 5.94. The molecule has 30 heavy (non-hydrogen) atoms. The van der Waals surface area contributed by atoms with Gasteiger partial charge >= 0.3 is 0 Å². The number of H-pyrrole nitrogens is 1. The number of nitrogens with zero attached hydrogens (tertiary/aromatic N) is 1. The van der Waals surface area contributed by atoms with E-state index in [4.69, 9.17) is 10.7 Å². The molecule has 3 aromatic carbocycles. The zero-order valence-corrected chi connectivity index (χ0v) is 17.4.